The monoisotopic (exact) mass is 457 g/mol. The van der Waals surface area contributed by atoms with Gasteiger partial charge in [0, 0.05) is 13.1 Å². The van der Waals surface area contributed by atoms with Crippen LogP contribution in [0.15, 0.2) is 76.2 Å². The molecule has 4 rings (SSSR count). The molecule has 0 spiro atoms. The Kier molecular flexibility index (Phi) is 6.10. The van der Waals surface area contributed by atoms with Gasteiger partial charge in [-0.3, -0.25) is 10.2 Å². The molecule has 2 aromatic carbocycles. The van der Waals surface area contributed by atoms with Crippen molar-refractivity contribution in [2.24, 2.45) is 5.28 Å². The van der Waals surface area contributed by atoms with Crippen LogP contribution in [0.1, 0.15) is 5.56 Å². The number of hydrogen-bond donors (Lipinski definition) is 1. The standard InChI is InChI=1S/C21H23N5O5S/c1-16-7-9-18(10-8-16)32(28,29)25-13-11-24(12-14-25)26-20(21(22)31-23-26)19(27)15-30-17-5-3-2-4-6-17/h2-10H,11-15H2,1H3,(H-,22,23,27). The summed E-state index contributed by atoms with van der Waals surface area (Å²) in [6.07, 6.45) is 0. The molecule has 0 unspecified atom stereocenters. The molecule has 0 bridgehead atoms. The molecule has 1 N–H and O–H groups in total. The number of hydrogen-bond acceptors (Lipinski definition) is 8. The Morgan fingerprint density at radius 2 is 1.78 bits per heavy atom. The zero-order chi connectivity index (χ0) is 22.7. The van der Waals surface area contributed by atoms with Crippen LogP contribution in [0.4, 0.5) is 0 Å². The summed E-state index contributed by atoms with van der Waals surface area (Å²) in [5.41, 5.74) is 0.937. The Hall–Kier alpha value is -3.44. The molecule has 2 heterocycles. The second-order valence-electron chi connectivity index (χ2n) is 7.34. The van der Waals surface area contributed by atoms with Gasteiger partial charge in [0.15, 0.2) is 0 Å². The van der Waals surface area contributed by atoms with Crippen molar-refractivity contribution in [2.45, 2.75) is 11.8 Å². The average molecular weight is 458 g/mol. The maximum Gasteiger partial charge on any atom is 0.324 e. The van der Waals surface area contributed by atoms with E-state index in [1.165, 1.54) is 9.11 Å². The van der Waals surface area contributed by atoms with E-state index in [0.717, 1.165) is 5.56 Å². The smallest absolute Gasteiger partial charge is 0.324 e. The molecule has 11 heteroatoms. The summed E-state index contributed by atoms with van der Waals surface area (Å²) in [6.45, 7) is 2.59. The summed E-state index contributed by atoms with van der Waals surface area (Å²) in [6, 6.07) is 15.6. The number of aryl methyl sites for hydroxylation is 1. The second-order valence-corrected chi connectivity index (χ2v) is 9.27. The normalized spacial score (nSPS) is 18.8. The Bertz CT molecular complexity index is 1150. The van der Waals surface area contributed by atoms with Crippen LogP contribution >= 0.6 is 0 Å². The molecule has 0 aromatic heterocycles. The van der Waals surface area contributed by atoms with Gasteiger partial charge < -0.3 is 9.84 Å². The van der Waals surface area contributed by atoms with Crippen LogP contribution in [0, 0.1) is 12.3 Å². The fourth-order valence-electron chi connectivity index (χ4n) is 3.39. The number of ether oxygens (including phenoxy) is 1. The first-order chi connectivity index (χ1) is 15.4. The van der Waals surface area contributed by atoms with E-state index in [0.29, 0.717) is 5.75 Å². The predicted octanol–water partition coefficient (Wildman–Crippen LogP) is 1.25. The number of hydrazine groups is 1. The maximum atomic E-state index is 12.9. The van der Waals surface area contributed by atoms with E-state index < -0.39 is 15.8 Å². The molecule has 168 valence electrons. The van der Waals surface area contributed by atoms with Gasteiger partial charge in [-0.25, -0.2) is 8.42 Å². The summed E-state index contributed by atoms with van der Waals surface area (Å²) in [5, 5.41) is 26.1. The molecule has 0 saturated carbocycles. The number of nitrogens with zero attached hydrogens (tertiary/aromatic N) is 4. The van der Waals surface area contributed by atoms with Crippen molar-refractivity contribution in [1.29, 1.82) is 5.41 Å². The van der Waals surface area contributed by atoms with Crippen molar-refractivity contribution in [2.75, 3.05) is 32.8 Å². The highest BCUT2D eigenvalue weighted by Gasteiger charge is 2.41. The van der Waals surface area contributed by atoms with Gasteiger partial charge in [0.1, 0.15) is 12.4 Å². The average Bonchev–Trinajstić information content (AvgIpc) is 3.20. The van der Waals surface area contributed by atoms with Crippen LogP contribution in [-0.2, 0) is 14.9 Å². The lowest BCUT2D eigenvalue weighted by Gasteiger charge is -2.30. The molecule has 2 aromatic rings. The van der Waals surface area contributed by atoms with Crippen molar-refractivity contribution < 1.29 is 27.9 Å². The van der Waals surface area contributed by atoms with Crippen LogP contribution in [0.25, 0.3) is 0 Å². The van der Waals surface area contributed by atoms with Gasteiger partial charge in [0.2, 0.25) is 15.3 Å². The third kappa shape index (κ3) is 4.43. The molecule has 0 atom stereocenters. The van der Waals surface area contributed by atoms with Crippen molar-refractivity contribution in [1.82, 2.24) is 9.31 Å². The molecule has 2 aliphatic rings. The lowest BCUT2D eigenvalue weighted by Crippen LogP contribution is -2.51. The van der Waals surface area contributed by atoms with Gasteiger partial charge in [-0.2, -0.15) is 9.31 Å². The van der Waals surface area contributed by atoms with E-state index in [4.69, 9.17) is 15.0 Å². The van der Waals surface area contributed by atoms with Crippen LogP contribution in [0.5, 0.6) is 5.75 Å². The van der Waals surface area contributed by atoms with Crippen LogP contribution in [-0.4, -0.2) is 61.2 Å². The van der Waals surface area contributed by atoms with E-state index in [1.54, 1.807) is 53.5 Å². The zero-order valence-electron chi connectivity index (χ0n) is 17.5. The minimum atomic E-state index is -3.62. The quantitative estimate of drug-likeness (QED) is 0.515. The number of piperazine rings is 1. The fourth-order valence-corrected chi connectivity index (χ4v) is 4.81. The molecule has 32 heavy (non-hydrogen) atoms. The van der Waals surface area contributed by atoms with Crippen LogP contribution in [0.2, 0.25) is 0 Å². The summed E-state index contributed by atoms with van der Waals surface area (Å²) in [7, 11) is -3.62. The predicted molar refractivity (Wildman–Crippen MR) is 112 cm³/mol. The van der Waals surface area contributed by atoms with Crippen molar-refractivity contribution in [3.63, 3.8) is 0 Å². The Morgan fingerprint density at radius 1 is 1.12 bits per heavy atom. The van der Waals surface area contributed by atoms with Crippen LogP contribution in [0.3, 0.4) is 0 Å². The first-order valence-corrected chi connectivity index (χ1v) is 11.5. The number of para-hydroxylation sites is 1. The third-order valence-corrected chi connectivity index (χ3v) is 7.06. The SMILES string of the molecule is Cc1ccc(S(=O)(=O)N2CCN([N+]3=NOC(=N)C3=C([O-])COc3ccccc3)CC2)cc1. The van der Waals surface area contributed by atoms with E-state index in [-0.39, 0.29) is 49.3 Å². The minimum absolute atomic E-state index is 0.0456. The molecule has 10 nitrogen and oxygen atoms in total. The number of benzene rings is 2. The number of nitrogens with one attached hydrogen (secondary N) is 1. The number of sulfonamides is 1. The van der Waals surface area contributed by atoms with Gasteiger partial charge >= 0.3 is 11.6 Å². The molecule has 2 aliphatic heterocycles. The van der Waals surface area contributed by atoms with Gasteiger partial charge in [0.05, 0.1) is 22.8 Å². The number of rotatable bonds is 6. The van der Waals surface area contributed by atoms with E-state index in [2.05, 4.69) is 5.28 Å². The van der Waals surface area contributed by atoms with E-state index >= 15 is 0 Å². The summed E-state index contributed by atoms with van der Waals surface area (Å²) in [5.74, 6) is -0.304. The topological polar surface area (TPSA) is 121 Å². The largest absolute Gasteiger partial charge is 0.868 e. The summed E-state index contributed by atoms with van der Waals surface area (Å²) in [4.78, 5) is 6.40. The van der Waals surface area contributed by atoms with Crippen molar-refractivity contribution >= 4 is 15.9 Å². The first kappa shape index (κ1) is 21.8. The fraction of sp³-hybridized carbons (Fsp3) is 0.286. The summed E-state index contributed by atoms with van der Waals surface area (Å²) < 4.78 is 32.7. The molecule has 1 saturated heterocycles. The van der Waals surface area contributed by atoms with Gasteiger partial charge in [0.25, 0.3) is 0 Å². The highest BCUT2D eigenvalue weighted by atomic mass is 32.2. The Morgan fingerprint density at radius 3 is 2.44 bits per heavy atom. The first-order valence-electron chi connectivity index (χ1n) is 10.0. The highest BCUT2D eigenvalue weighted by molar-refractivity contribution is 7.89. The van der Waals surface area contributed by atoms with Crippen LogP contribution < -0.4 is 9.84 Å². The second kappa shape index (κ2) is 8.97. The minimum Gasteiger partial charge on any atom is -0.868 e. The Labute approximate surface area is 186 Å². The molecule has 0 radical (unpaired) electrons. The zero-order valence-corrected chi connectivity index (χ0v) is 18.3. The van der Waals surface area contributed by atoms with E-state index in [9.17, 15) is 13.5 Å². The molecular formula is C21H23N5O5S. The maximum absolute atomic E-state index is 12.9. The van der Waals surface area contributed by atoms with Crippen molar-refractivity contribution in [3.8, 4) is 5.75 Å². The molecule has 0 amide bonds. The van der Waals surface area contributed by atoms with Gasteiger partial charge in [-0.05, 0) is 36.9 Å². The molecule has 0 aliphatic carbocycles. The summed E-state index contributed by atoms with van der Waals surface area (Å²) >= 11 is 0. The lowest BCUT2D eigenvalue weighted by atomic mass is 10.2. The Balaban J connectivity index is 1.44. The molecule has 1 fully saturated rings. The van der Waals surface area contributed by atoms with Crippen molar-refractivity contribution in [3.05, 3.63) is 71.6 Å². The van der Waals surface area contributed by atoms with Gasteiger partial charge in [-0.15, -0.1) is 0 Å². The van der Waals surface area contributed by atoms with Gasteiger partial charge in [-0.1, -0.05) is 35.9 Å². The highest BCUT2D eigenvalue weighted by Crippen LogP contribution is 2.22. The van der Waals surface area contributed by atoms with E-state index in [1.807, 2.05) is 13.0 Å². The lowest BCUT2D eigenvalue weighted by molar-refractivity contribution is -0.709. The third-order valence-electron chi connectivity index (χ3n) is 5.14. The molecular weight excluding hydrogens is 434 g/mol.